The molecule has 1 amide bonds. The molecule has 9 heteroatoms. The van der Waals surface area contributed by atoms with E-state index >= 15 is 0 Å². The van der Waals surface area contributed by atoms with Gasteiger partial charge in [-0.15, -0.1) is 13.2 Å². The van der Waals surface area contributed by atoms with Gasteiger partial charge in [-0.05, 0) is 24.6 Å². The summed E-state index contributed by atoms with van der Waals surface area (Å²) in [5.41, 5.74) is 0.290. The van der Waals surface area contributed by atoms with Crippen molar-refractivity contribution in [3.8, 4) is 5.75 Å². The van der Waals surface area contributed by atoms with Crippen LogP contribution >= 0.6 is 0 Å². The average molecular weight is 376 g/mol. The highest BCUT2D eigenvalue weighted by Crippen LogP contribution is 2.29. The average Bonchev–Trinajstić information content (AvgIpc) is 2.53. The first-order valence-corrected chi connectivity index (χ1v) is 8.10. The minimum absolute atomic E-state index is 0.0184. The normalized spacial score (nSPS) is 17.1. The van der Waals surface area contributed by atoms with Crippen molar-refractivity contribution in [3.05, 3.63) is 29.6 Å². The molecule has 0 bridgehead atoms. The van der Waals surface area contributed by atoms with Crippen LogP contribution in [0.15, 0.2) is 18.2 Å². The molecule has 1 aliphatic rings. The summed E-state index contributed by atoms with van der Waals surface area (Å²) in [5, 5.41) is 0. The highest BCUT2D eigenvalue weighted by molar-refractivity contribution is 5.83. The lowest BCUT2D eigenvalue weighted by Gasteiger charge is -2.35. The maximum Gasteiger partial charge on any atom is 0.573 e. The highest BCUT2D eigenvalue weighted by Gasteiger charge is 2.33. The maximum atomic E-state index is 13.9. The summed E-state index contributed by atoms with van der Waals surface area (Å²) >= 11 is 0. The summed E-state index contributed by atoms with van der Waals surface area (Å²) in [4.78, 5) is 27.0. The molecule has 1 aliphatic heterocycles. The number of halogens is 4. The van der Waals surface area contributed by atoms with Crippen molar-refractivity contribution in [2.45, 2.75) is 26.1 Å². The molecule has 0 spiro atoms. The molecule has 0 aromatic heterocycles. The van der Waals surface area contributed by atoms with Crippen molar-refractivity contribution >= 4 is 11.7 Å². The third-order valence-electron chi connectivity index (χ3n) is 4.33. The van der Waals surface area contributed by atoms with Crippen LogP contribution in [-0.2, 0) is 9.59 Å². The van der Waals surface area contributed by atoms with Crippen molar-refractivity contribution in [1.82, 2.24) is 9.80 Å². The lowest BCUT2D eigenvalue weighted by molar-refractivity contribution is -0.275. The second-order valence-corrected chi connectivity index (χ2v) is 6.21. The van der Waals surface area contributed by atoms with Crippen LogP contribution in [0.4, 0.5) is 17.6 Å². The minimum Gasteiger partial charge on any atom is -0.403 e. The number of carbonyl (C=O) groups is 2. The van der Waals surface area contributed by atoms with Crippen molar-refractivity contribution in [3.63, 3.8) is 0 Å². The summed E-state index contributed by atoms with van der Waals surface area (Å²) < 4.78 is 54.2. The lowest BCUT2D eigenvalue weighted by Crippen LogP contribution is -2.49. The van der Waals surface area contributed by atoms with Gasteiger partial charge in [0.25, 0.3) is 0 Å². The first-order chi connectivity index (χ1) is 12.1. The number of benzene rings is 1. The number of ketones is 1. The van der Waals surface area contributed by atoms with Gasteiger partial charge in [0.1, 0.15) is 5.78 Å². The van der Waals surface area contributed by atoms with Crippen molar-refractivity contribution in [2.24, 2.45) is 0 Å². The molecule has 0 saturated carbocycles. The summed E-state index contributed by atoms with van der Waals surface area (Å²) in [6.07, 6.45) is -4.99. The molecule has 26 heavy (non-hydrogen) atoms. The van der Waals surface area contributed by atoms with E-state index in [0.29, 0.717) is 38.3 Å². The SMILES string of the molecule is CC(=O)[C@@H](CN1CCN(C(C)=O)CC1)c1ccc(OC(F)(F)F)c(F)c1. The molecule has 1 heterocycles. The van der Waals surface area contributed by atoms with Crippen LogP contribution in [0.2, 0.25) is 0 Å². The highest BCUT2D eigenvalue weighted by atomic mass is 19.4. The van der Waals surface area contributed by atoms with E-state index in [1.54, 1.807) is 4.90 Å². The van der Waals surface area contributed by atoms with Crippen molar-refractivity contribution < 1.29 is 31.9 Å². The Labute approximate surface area is 148 Å². The summed E-state index contributed by atoms with van der Waals surface area (Å²) in [5.74, 6) is -3.02. The lowest BCUT2D eigenvalue weighted by atomic mass is 9.94. The van der Waals surface area contributed by atoms with Crippen LogP contribution < -0.4 is 4.74 Å². The van der Waals surface area contributed by atoms with Crippen LogP contribution in [-0.4, -0.2) is 60.6 Å². The topological polar surface area (TPSA) is 49.9 Å². The van der Waals surface area contributed by atoms with E-state index in [0.717, 1.165) is 12.1 Å². The number of hydrogen-bond acceptors (Lipinski definition) is 4. The Kier molecular flexibility index (Phi) is 6.22. The van der Waals surface area contributed by atoms with Gasteiger partial charge in [0.15, 0.2) is 11.6 Å². The zero-order valence-electron chi connectivity index (χ0n) is 14.5. The zero-order valence-corrected chi connectivity index (χ0v) is 14.5. The molecule has 0 N–H and O–H groups in total. The fraction of sp³-hybridized carbons (Fsp3) is 0.529. The van der Waals surface area contributed by atoms with Gasteiger partial charge in [0.05, 0.1) is 5.92 Å². The van der Waals surface area contributed by atoms with Crippen molar-refractivity contribution in [1.29, 1.82) is 0 Å². The third kappa shape index (κ3) is 5.42. The largest absolute Gasteiger partial charge is 0.573 e. The molecule has 1 atom stereocenters. The van der Waals surface area contributed by atoms with Crippen LogP contribution in [0, 0.1) is 5.82 Å². The molecule has 0 unspecified atom stereocenters. The molecular formula is C17H20F4N2O3. The molecule has 5 nitrogen and oxygen atoms in total. The molecule has 0 aliphatic carbocycles. The van der Waals surface area contributed by atoms with Gasteiger partial charge in [0.2, 0.25) is 5.91 Å². The smallest absolute Gasteiger partial charge is 0.403 e. The Morgan fingerprint density at radius 2 is 1.77 bits per heavy atom. The number of amides is 1. The fourth-order valence-corrected chi connectivity index (χ4v) is 2.91. The second-order valence-electron chi connectivity index (χ2n) is 6.21. The van der Waals surface area contributed by atoms with Gasteiger partial charge in [-0.3, -0.25) is 14.5 Å². The second kappa shape index (κ2) is 8.03. The Hall–Kier alpha value is -2.16. The number of rotatable bonds is 5. The van der Waals surface area contributed by atoms with Gasteiger partial charge in [-0.2, -0.15) is 0 Å². The molecule has 1 saturated heterocycles. The van der Waals surface area contributed by atoms with E-state index in [4.69, 9.17) is 0 Å². The van der Waals surface area contributed by atoms with E-state index in [1.807, 2.05) is 4.90 Å². The van der Waals surface area contributed by atoms with Crippen molar-refractivity contribution in [2.75, 3.05) is 32.7 Å². The zero-order chi connectivity index (χ0) is 19.5. The number of Topliss-reactive ketones (excluding diaryl/α,β-unsaturated/α-hetero) is 1. The fourth-order valence-electron chi connectivity index (χ4n) is 2.91. The Morgan fingerprint density at radius 1 is 1.15 bits per heavy atom. The quantitative estimate of drug-likeness (QED) is 0.742. The third-order valence-corrected chi connectivity index (χ3v) is 4.33. The van der Waals surface area contributed by atoms with E-state index in [-0.39, 0.29) is 11.7 Å². The summed E-state index contributed by atoms with van der Waals surface area (Å²) in [7, 11) is 0. The van der Waals surface area contributed by atoms with Crippen LogP contribution in [0.1, 0.15) is 25.3 Å². The molecular weight excluding hydrogens is 356 g/mol. The van der Waals surface area contributed by atoms with Gasteiger partial charge < -0.3 is 9.64 Å². The minimum atomic E-state index is -4.99. The van der Waals surface area contributed by atoms with E-state index in [1.165, 1.54) is 19.9 Å². The molecule has 1 aromatic carbocycles. The number of nitrogens with zero attached hydrogens (tertiary/aromatic N) is 2. The first kappa shape index (κ1) is 20.2. The van der Waals surface area contributed by atoms with Crippen LogP contribution in [0.5, 0.6) is 5.75 Å². The Morgan fingerprint density at radius 3 is 2.23 bits per heavy atom. The number of ether oxygens (including phenoxy) is 1. The van der Waals surface area contributed by atoms with E-state index in [9.17, 15) is 27.2 Å². The van der Waals surface area contributed by atoms with E-state index < -0.39 is 23.8 Å². The number of carbonyl (C=O) groups excluding carboxylic acids is 2. The number of alkyl halides is 3. The summed E-state index contributed by atoms with van der Waals surface area (Å²) in [6, 6.07) is 3.04. The number of piperazine rings is 1. The molecule has 1 fully saturated rings. The Balaban J connectivity index is 2.09. The summed E-state index contributed by atoms with van der Waals surface area (Å²) in [6.45, 7) is 5.36. The Bertz CT molecular complexity index is 670. The predicted octanol–water partition coefficient (Wildman–Crippen LogP) is 2.56. The predicted molar refractivity (Wildman–Crippen MR) is 85.2 cm³/mol. The first-order valence-electron chi connectivity index (χ1n) is 8.10. The molecule has 2 rings (SSSR count). The molecule has 144 valence electrons. The van der Waals surface area contributed by atoms with Gasteiger partial charge >= 0.3 is 6.36 Å². The maximum absolute atomic E-state index is 13.9. The van der Waals surface area contributed by atoms with Gasteiger partial charge in [-0.1, -0.05) is 6.07 Å². The molecule has 0 radical (unpaired) electrons. The van der Waals surface area contributed by atoms with E-state index in [2.05, 4.69) is 4.74 Å². The molecule has 1 aromatic rings. The van der Waals surface area contributed by atoms with Gasteiger partial charge in [-0.25, -0.2) is 4.39 Å². The number of hydrogen-bond donors (Lipinski definition) is 0. The van der Waals surface area contributed by atoms with Crippen LogP contribution in [0.25, 0.3) is 0 Å². The monoisotopic (exact) mass is 376 g/mol. The van der Waals surface area contributed by atoms with Crippen LogP contribution in [0.3, 0.4) is 0 Å². The standard InChI is InChI=1S/C17H20F4N2O3/c1-11(24)14(10-22-5-7-23(8-6-22)12(2)25)13-3-4-16(15(18)9-13)26-17(19,20)21/h3-4,9,14H,5-8,10H2,1-2H3/t14-/m1/s1. The van der Waals surface area contributed by atoms with Gasteiger partial charge in [0, 0.05) is 39.6 Å².